The number of allylic oxidation sites excluding steroid dienone is 2. The predicted molar refractivity (Wildman–Crippen MR) is 74.4 cm³/mol. The summed E-state index contributed by atoms with van der Waals surface area (Å²) < 4.78 is 5.53. The van der Waals surface area contributed by atoms with Gasteiger partial charge in [0.2, 0.25) is 0 Å². The van der Waals surface area contributed by atoms with E-state index in [1.165, 1.54) is 5.56 Å². The molecule has 2 bridgehead atoms. The van der Waals surface area contributed by atoms with Crippen LogP contribution in [0.15, 0.2) is 36.4 Å². The van der Waals surface area contributed by atoms with Crippen LogP contribution >= 0.6 is 0 Å². The summed E-state index contributed by atoms with van der Waals surface area (Å²) in [4.78, 5) is 12.3. The van der Waals surface area contributed by atoms with Gasteiger partial charge in [-0.05, 0) is 44.1 Å². The van der Waals surface area contributed by atoms with Crippen LogP contribution in [-0.2, 0) is 16.1 Å². The van der Waals surface area contributed by atoms with Gasteiger partial charge in [0.05, 0.1) is 5.41 Å². The lowest BCUT2D eigenvalue weighted by atomic mass is 9.78. The SMILES string of the molecule is Cc1ccc(COC(=O)C2(C)CC3C=CC2C3)cc1. The number of benzene rings is 1. The highest BCUT2D eigenvalue weighted by Gasteiger charge is 2.50. The highest BCUT2D eigenvalue weighted by atomic mass is 16.5. The zero-order valence-electron chi connectivity index (χ0n) is 11.6. The van der Waals surface area contributed by atoms with E-state index in [2.05, 4.69) is 26.0 Å². The lowest BCUT2D eigenvalue weighted by molar-refractivity contribution is -0.158. The highest BCUT2D eigenvalue weighted by Crippen LogP contribution is 2.52. The molecule has 19 heavy (non-hydrogen) atoms. The van der Waals surface area contributed by atoms with Gasteiger partial charge in [-0.25, -0.2) is 0 Å². The summed E-state index contributed by atoms with van der Waals surface area (Å²) in [7, 11) is 0. The summed E-state index contributed by atoms with van der Waals surface area (Å²) >= 11 is 0. The molecule has 2 aliphatic carbocycles. The first-order valence-corrected chi connectivity index (χ1v) is 6.99. The maximum Gasteiger partial charge on any atom is 0.312 e. The molecule has 100 valence electrons. The van der Waals surface area contributed by atoms with E-state index >= 15 is 0 Å². The molecule has 1 saturated carbocycles. The monoisotopic (exact) mass is 256 g/mol. The molecular formula is C17H20O2. The topological polar surface area (TPSA) is 26.3 Å². The van der Waals surface area contributed by atoms with Crippen molar-refractivity contribution >= 4 is 5.97 Å². The van der Waals surface area contributed by atoms with Crippen LogP contribution in [0.1, 0.15) is 30.9 Å². The number of aryl methyl sites for hydroxylation is 1. The summed E-state index contributed by atoms with van der Waals surface area (Å²) in [5.74, 6) is 0.926. The Hall–Kier alpha value is -1.57. The van der Waals surface area contributed by atoms with E-state index in [0.717, 1.165) is 18.4 Å². The molecule has 0 radical (unpaired) electrons. The van der Waals surface area contributed by atoms with Crippen molar-refractivity contribution in [3.8, 4) is 0 Å². The van der Waals surface area contributed by atoms with E-state index < -0.39 is 0 Å². The van der Waals surface area contributed by atoms with Gasteiger partial charge in [0.15, 0.2) is 0 Å². The lowest BCUT2D eigenvalue weighted by Crippen LogP contribution is -2.33. The molecule has 1 aromatic carbocycles. The van der Waals surface area contributed by atoms with E-state index in [0.29, 0.717) is 18.4 Å². The predicted octanol–water partition coefficient (Wildman–Crippen LogP) is 3.64. The van der Waals surface area contributed by atoms with Crippen molar-refractivity contribution in [2.45, 2.75) is 33.3 Å². The second-order valence-corrected chi connectivity index (χ2v) is 6.17. The Bertz CT molecular complexity index is 515. The largest absolute Gasteiger partial charge is 0.460 e. The first-order valence-electron chi connectivity index (χ1n) is 6.99. The second kappa shape index (κ2) is 4.52. The molecular weight excluding hydrogens is 236 g/mol. The molecule has 3 unspecified atom stereocenters. The molecule has 3 atom stereocenters. The molecule has 3 rings (SSSR count). The minimum absolute atomic E-state index is 0.0371. The standard InChI is InChI=1S/C17H20O2/c1-12-3-5-13(6-4-12)11-19-16(18)17(2)10-14-7-8-15(17)9-14/h3-8,14-15H,9-11H2,1-2H3. The average molecular weight is 256 g/mol. The number of carbonyl (C=O) groups is 1. The summed E-state index contributed by atoms with van der Waals surface area (Å²) in [6.45, 7) is 4.49. The fourth-order valence-corrected chi connectivity index (χ4v) is 3.33. The third-order valence-electron chi connectivity index (χ3n) is 4.63. The van der Waals surface area contributed by atoms with Gasteiger partial charge in [0, 0.05) is 0 Å². The molecule has 1 aromatic rings. The highest BCUT2D eigenvalue weighted by molar-refractivity contribution is 5.78. The smallest absolute Gasteiger partial charge is 0.312 e. The van der Waals surface area contributed by atoms with Gasteiger partial charge in [-0.3, -0.25) is 4.79 Å². The van der Waals surface area contributed by atoms with Gasteiger partial charge in [0.1, 0.15) is 6.61 Å². The fraction of sp³-hybridized carbons (Fsp3) is 0.471. The van der Waals surface area contributed by atoms with Crippen molar-refractivity contribution in [1.82, 2.24) is 0 Å². The van der Waals surface area contributed by atoms with Gasteiger partial charge < -0.3 is 4.74 Å². The summed E-state index contributed by atoms with van der Waals surface area (Å²) in [5.41, 5.74) is 1.98. The van der Waals surface area contributed by atoms with Gasteiger partial charge in [-0.1, -0.05) is 42.0 Å². The third-order valence-corrected chi connectivity index (χ3v) is 4.63. The van der Waals surface area contributed by atoms with E-state index in [1.807, 2.05) is 24.3 Å². The van der Waals surface area contributed by atoms with Crippen molar-refractivity contribution in [2.75, 3.05) is 0 Å². The molecule has 0 aliphatic heterocycles. The fourth-order valence-electron chi connectivity index (χ4n) is 3.33. The normalized spacial score (nSPS) is 31.7. The Labute approximate surface area is 114 Å². The molecule has 2 nitrogen and oxygen atoms in total. The number of rotatable bonds is 3. The molecule has 0 amide bonds. The number of carbonyl (C=O) groups excluding carboxylic acids is 1. The summed E-state index contributed by atoms with van der Waals surface area (Å²) in [6, 6.07) is 8.13. The lowest BCUT2D eigenvalue weighted by Gasteiger charge is -2.28. The number of esters is 1. The third kappa shape index (κ3) is 2.20. The number of fused-ring (bicyclic) bond motifs is 2. The van der Waals surface area contributed by atoms with Crippen LogP contribution in [0.5, 0.6) is 0 Å². The van der Waals surface area contributed by atoms with Crippen LogP contribution in [0.25, 0.3) is 0 Å². The van der Waals surface area contributed by atoms with E-state index in [1.54, 1.807) is 0 Å². The first-order chi connectivity index (χ1) is 9.08. The zero-order chi connectivity index (χ0) is 13.5. The molecule has 0 heterocycles. The molecule has 0 spiro atoms. The van der Waals surface area contributed by atoms with Gasteiger partial charge in [-0.2, -0.15) is 0 Å². The van der Waals surface area contributed by atoms with Gasteiger partial charge >= 0.3 is 5.97 Å². The van der Waals surface area contributed by atoms with Crippen LogP contribution in [0.3, 0.4) is 0 Å². The first kappa shape index (κ1) is 12.5. The van der Waals surface area contributed by atoms with Crippen molar-refractivity contribution in [3.05, 3.63) is 47.5 Å². The summed E-state index contributed by atoms with van der Waals surface area (Å²) in [6.07, 6.45) is 6.51. The molecule has 2 aliphatic rings. The Kier molecular flexibility index (Phi) is 2.96. The Morgan fingerprint density at radius 1 is 1.32 bits per heavy atom. The number of hydrogen-bond acceptors (Lipinski definition) is 2. The minimum Gasteiger partial charge on any atom is -0.460 e. The molecule has 0 saturated heterocycles. The summed E-state index contributed by atoms with van der Waals surface area (Å²) in [5, 5.41) is 0. The maximum absolute atomic E-state index is 12.3. The van der Waals surface area contributed by atoms with Crippen molar-refractivity contribution in [3.63, 3.8) is 0 Å². The second-order valence-electron chi connectivity index (χ2n) is 6.17. The van der Waals surface area contributed by atoms with Crippen LogP contribution in [-0.4, -0.2) is 5.97 Å². The molecule has 0 N–H and O–H groups in total. The molecule has 2 heteroatoms. The quantitative estimate of drug-likeness (QED) is 0.609. The van der Waals surface area contributed by atoms with Crippen molar-refractivity contribution in [2.24, 2.45) is 17.3 Å². The van der Waals surface area contributed by atoms with E-state index in [-0.39, 0.29) is 11.4 Å². The Balaban J connectivity index is 1.63. The minimum atomic E-state index is -0.301. The van der Waals surface area contributed by atoms with Crippen LogP contribution in [0.2, 0.25) is 0 Å². The molecule has 1 fully saturated rings. The number of ether oxygens (including phenoxy) is 1. The molecule has 0 aromatic heterocycles. The van der Waals surface area contributed by atoms with Crippen LogP contribution in [0.4, 0.5) is 0 Å². The van der Waals surface area contributed by atoms with Gasteiger partial charge in [0.25, 0.3) is 0 Å². The van der Waals surface area contributed by atoms with E-state index in [9.17, 15) is 4.79 Å². The van der Waals surface area contributed by atoms with Crippen LogP contribution in [0, 0.1) is 24.2 Å². The zero-order valence-corrected chi connectivity index (χ0v) is 11.6. The van der Waals surface area contributed by atoms with Crippen molar-refractivity contribution in [1.29, 1.82) is 0 Å². The van der Waals surface area contributed by atoms with Gasteiger partial charge in [-0.15, -0.1) is 0 Å². The Morgan fingerprint density at radius 3 is 2.63 bits per heavy atom. The maximum atomic E-state index is 12.3. The van der Waals surface area contributed by atoms with Crippen molar-refractivity contribution < 1.29 is 9.53 Å². The number of hydrogen-bond donors (Lipinski definition) is 0. The van der Waals surface area contributed by atoms with E-state index in [4.69, 9.17) is 4.74 Å². The Morgan fingerprint density at radius 2 is 2.05 bits per heavy atom. The average Bonchev–Trinajstić information content (AvgIpc) is 2.98. The van der Waals surface area contributed by atoms with Crippen LogP contribution < -0.4 is 0 Å².